The lowest BCUT2D eigenvalue weighted by atomic mass is 10.1. The van der Waals surface area contributed by atoms with Crippen LogP contribution < -0.4 is 10.1 Å². The molecule has 0 bridgehead atoms. The first-order valence-electron chi connectivity index (χ1n) is 6.95. The van der Waals surface area contributed by atoms with Crippen LogP contribution in [0.3, 0.4) is 0 Å². The van der Waals surface area contributed by atoms with Gasteiger partial charge in [-0.1, -0.05) is 17.7 Å². The van der Waals surface area contributed by atoms with Crippen LogP contribution in [0.5, 0.6) is 5.75 Å². The Morgan fingerprint density at radius 1 is 1.30 bits per heavy atom. The summed E-state index contributed by atoms with van der Waals surface area (Å²) < 4.78 is 10.4. The van der Waals surface area contributed by atoms with E-state index in [9.17, 15) is 4.79 Å². The van der Waals surface area contributed by atoms with E-state index in [-0.39, 0.29) is 18.1 Å². The summed E-state index contributed by atoms with van der Waals surface area (Å²) in [7, 11) is 0. The van der Waals surface area contributed by atoms with Gasteiger partial charge in [0.15, 0.2) is 6.61 Å². The van der Waals surface area contributed by atoms with Crippen molar-refractivity contribution >= 4 is 5.97 Å². The molecule has 1 N–H and O–H groups in total. The highest BCUT2D eigenvalue weighted by atomic mass is 16.6. The molecule has 20 heavy (non-hydrogen) atoms. The molecule has 0 atom stereocenters. The third-order valence-electron chi connectivity index (χ3n) is 2.68. The van der Waals surface area contributed by atoms with Crippen LogP contribution in [0, 0.1) is 6.92 Å². The van der Waals surface area contributed by atoms with E-state index >= 15 is 0 Å². The SMILES string of the molecule is CCOC(=O)COc1ccc(C)cc1CNC(C)(C)C. The van der Waals surface area contributed by atoms with Gasteiger partial charge in [0.05, 0.1) is 6.61 Å². The predicted octanol–water partition coefficient (Wildman–Crippen LogP) is 2.83. The molecule has 1 aromatic rings. The second-order valence-electron chi connectivity index (χ2n) is 5.81. The predicted molar refractivity (Wildman–Crippen MR) is 79.9 cm³/mol. The van der Waals surface area contributed by atoms with Crippen molar-refractivity contribution in [2.75, 3.05) is 13.2 Å². The van der Waals surface area contributed by atoms with Gasteiger partial charge in [0.2, 0.25) is 0 Å². The second-order valence-corrected chi connectivity index (χ2v) is 5.81. The molecule has 112 valence electrons. The molecule has 0 saturated carbocycles. The first-order valence-corrected chi connectivity index (χ1v) is 6.95. The Morgan fingerprint density at radius 3 is 2.60 bits per heavy atom. The van der Waals surface area contributed by atoms with E-state index in [1.807, 2.05) is 19.1 Å². The smallest absolute Gasteiger partial charge is 0.344 e. The number of carbonyl (C=O) groups excluding carboxylic acids is 1. The third-order valence-corrected chi connectivity index (χ3v) is 2.68. The molecule has 0 aliphatic rings. The minimum absolute atomic E-state index is 0.0299. The largest absolute Gasteiger partial charge is 0.482 e. The van der Waals surface area contributed by atoms with E-state index in [0.717, 1.165) is 11.3 Å². The standard InChI is InChI=1S/C16H25NO3/c1-6-19-15(18)11-20-14-8-7-12(2)9-13(14)10-17-16(3,4)5/h7-9,17H,6,10-11H2,1-5H3. The first kappa shape index (κ1) is 16.5. The van der Waals surface area contributed by atoms with Gasteiger partial charge < -0.3 is 14.8 Å². The van der Waals surface area contributed by atoms with E-state index in [1.54, 1.807) is 6.92 Å². The van der Waals surface area contributed by atoms with Crippen molar-refractivity contribution in [3.8, 4) is 5.75 Å². The van der Waals surface area contributed by atoms with E-state index < -0.39 is 0 Å². The molecule has 1 rings (SSSR count). The number of hydrogen-bond acceptors (Lipinski definition) is 4. The number of ether oxygens (including phenoxy) is 2. The fourth-order valence-corrected chi connectivity index (χ4v) is 1.69. The number of benzene rings is 1. The fourth-order valence-electron chi connectivity index (χ4n) is 1.69. The summed E-state index contributed by atoms with van der Waals surface area (Å²) in [5.41, 5.74) is 2.24. The highest BCUT2D eigenvalue weighted by molar-refractivity contribution is 5.71. The molecule has 4 heteroatoms. The van der Waals surface area contributed by atoms with Crippen LogP contribution in [0.4, 0.5) is 0 Å². The normalized spacial score (nSPS) is 11.2. The van der Waals surface area contributed by atoms with Crippen LogP contribution in [-0.2, 0) is 16.1 Å². The lowest BCUT2D eigenvalue weighted by molar-refractivity contribution is -0.145. The Hall–Kier alpha value is -1.55. The van der Waals surface area contributed by atoms with Gasteiger partial charge in [0.1, 0.15) is 5.75 Å². The van der Waals surface area contributed by atoms with Crippen molar-refractivity contribution in [2.45, 2.75) is 46.7 Å². The molecular formula is C16H25NO3. The van der Waals surface area contributed by atoms with Gasteiger partial charge in [-0.15, -0.1) is 0 Å². The van der Waals surface area contributed by atoms with Gasteiger partial charge in [-0.05, 0) is 40.7 Å². The minimum Gasteiger partial charge on any atom is -0.482 e. The molecule has 0 aliphatic heterocycles. The zero-order valence-electron chi connectivity index (χ0n) is 13.1. The Bertz CT molecular complexity index is 450. The van der Waals surface area contributed by atoms with Crippen LogP contribution in [-0.4, -0.2) is 24.7 Å². The quantitative estimate of drug-likeness (QED) is 0.813. The summed E-state index contributed by atoms with van der Waals surface area (Å²) in [5, 5.41) is 3.42. The van der Waals surface area contributed by atoms with Crippen molar-refractivity contribution in [3.05, 3.63) is 29.3 Å². The topological polar surface area (TPSA) is 47.6 Å². The van der Waals surface area contributed by atoms with Crippen molar-refractivity contribution in [3.63, 3.8) is 0 Å². The zero-order valence-corrected chi connectivity index (χ0v) is 13.1. The molecule has 1 aromatic carbocycles. The number of nitrogens with one attached hydrogen (secondary N) is 1. The number of carbonyl (C=O) groups is 1. The first-order chi connectivity index (χ1) is 9.31. The van der Waals surface area contributed by atoms with Crippen LogP contribution in [0.2, 0.25) is 0 Å². The fraction of sp³-hybridized carbons (Fsp3) is 0.562. The second kappa shape index (κ2) is 7.29. The highest BCUT2D eigenvalue weighted by Crippen LogP contribution is 2.21. The molecule has 4 nitrogen and oxygen atoms in total. The number of aryl methyl sites for hydroxylation is 1. The van der Waals surface area contributed by atoms with E-state index in [4.69, 9.17) is 9.47 Å². The maximum absolute atomic E-state index is 11.3. The average molecular weight is 279 g/mol. The summed E-state index contributed by atoms with van der Waals surface area (Å²) in [5.74, 6) is 0.378. The molecule has 0 amide bonds. The van der Waals surface area contributed by atoms with Crippen LogP contribution in [0.15, 0.2) is 18.2 Å². The van der Waals surface area contributed by atoms with Gasteiger partial charge >= 0.3 is 5.97 Å². The van der Waals surface area contributed by atoms with Gasteiger partial charge in [-0.25, -0.2) is 4.79 Å². The number of esters is 1. The Kier molecular flexibility index (Phi) is 6.02. The van der Waals surface area contributed by atoms with Gasteiger partial charge in [0, 0.05) is 17.6 Å². The molecule has 0 aliphatic carbocycles. The Balaban J connectivity index is 2.72. The highest BCUT2D eigenvalue weighted by Gasteiger charge is 2.12. The summed E-state index contributed by atoms with van der Waals surface area (Å²) in [6.07, 6.45) is 0. The van der Waals surface area contributed by atoms with Crippen molar-refractivity contribution in [1.82, 2.24) is 5.32 Å². The maximum atomic E-state index is 11.3. The summed E-state index contributed by atoms with van der Waals surface area (Å²) in [4.78, 5) is 11.3. The lowest BCUT2D eigenvalue weighted by Crippen LogP contribution is -2.35. The summed E-state index contributed by atoms with van der Waals surface area (Å²) in [6.45, 7) is 11.2. The summed E-state index contributed by atoms with van der Waals surface area (Å²) >= 11 is 0. The van der Waals surface area contributed by atoms with Gasteiger partial charge in [0.25, 0.3) is 0 Å². The molecular weight excluding hydrogens is 254 g/mol. The van der Waals surface area contributed by atoms with E-state index in [1.165, 1.54) is 5.56 Å². The maximum Gasteiger partial charge on any atom is 0.344 e. The molecule has 0 saturated heterocycles. The Morgan fingerprint density at radius 2 is 2.00 bits per heavy atom. The molecule has 0 heterocycles. The van der Waals surface area contributed by atoms with Crippen molar-refractivity contribution in [1.29, 1.82) is 0 Å². The van der Waals surface area contributed by atoms with Crippen LogP contribution in [0.25, 0.3) is 0 Å². The van der Waals surface area contributed by atoms with Gasteiger partial charge in [-0.2, -0.15) is 0 Å². The Labute approximate surface area is 121 Å². The van der Waals surface area contributed by atoms with Crippen LogP contribution in [0.1, 0.15) is 38.8 Å². The van der Waals surface area contributed by atoms with Crippen molar-refractivity contribution in [2.24, 2.45) is 0 Å². The average Bonchev–Trinajstić information content (AvgIpc) is 2.34. The van der Waals surface area contributed by atoms with Crippen LogP contribution >= 0.6 is 0 Å². The monoisotopic (exact) mass is 279 g/mol. The molecule has 0 radical (unpaired) electrons. The van der Waals surface area contributed by atoms with E-state index in [2.05, 4.69) is 32.2 Å². The molecule has 0 spiro atoms. The van der Waals surface area contributed by atoms with Crippen molar-refractivity contribution < 1.29 is 14.3 Å². The molecule has 0 fully saturated rings. The molecule has 0 unspecified atom stereocenters. The van der Waals surface area contributed by atoms with E-state index in [0.29, 0.717) is 13.2 Å². The molecule has 0 aromatic heterocycles. The number of rotatable bonds is 6. The third kappa shape index (κ3) is 6.06. The zero-order chi connectivity index (χ0) is 15.2. The number of hydrogen-bond donors (Lipinski definition) is 1. The summed E-state index contributed by atoms with van der Waals surface area (Å²) in [6, 6.07) is 5.94. The van der Waals surface area contributed by atoms with Gasteiger partial charge in [-0.3, -0.25) is 0 Å². The lowest BCUT2D eigenvalue weighted by Gasteiger charge is -2.22. The minimum atomic E-state index is -0.345.